The Labute approximate surface area is 260 Å². The van der Waals surface area contributed by atoms with Crippen LogP contribution in [0.25, 0.3) is 22.3 Å². The van der Waals surface area contributed by atoms with E-state index in [1.807, 2.05) is 19.0 Å². The fourth-order valence-corrected chi connectivity index (χ4v) is 8.49. The number of phenolic OH excluding ortho intramolecular Hbond substituents is 1. The molecule has 3 aliphatic heterocycles. The van der Waals surface area contributed by atoms with E-state index in [1.54, 1.807) is 0 Å². The maximum Gasteiger partial charge on any atom is 0.319 e. The molecule has 2 unspecified atom stereocenters. The minimum absolute atomic E-state index is 0.0842. The molecule has 236 valence electrons. The third-order valence-electron chi connectivity index (χ3n) is 9.26. The number of anilines is 1. The van der Waals surface area contributed by atoms with Crippen LogP contribution in [0.15, 0.2) is 29.2 Å². The highest BCUT2D eigenvalue weighted by atomic mass is 32.2. The third-order valence-corrected chi connectivity index (χ3v) is 11.1. The summed E-state index contributed by atoms with van der Waals surface area (Å²) in [5, 5.41) is 14.5. The van der Waals surface area contributed by atoms with Gasteiger partial charge in [-0.15, -0.1) is 6.42 Å². The minimum atomic E-state index is -4.46. The first kappa shape index (κ1) is 29.7. The van der Waals surface area contributed by atoms with Gasteiger partial charge in [0.2, 0.25) is 0 Å². The highest BCUT2D eigenvalue weighted by molar-refractivity contribution is 7.89. The number of phenols is 1. The second-order valence-corrected chi connectivity index (χ2v) is 14.8. The topological polar surface area (TPSA) is 111 Å². The van der Waals surface area contributed by atoms with Crippen molar-refractivity contribution in [1.29, 1.82) is 0 Å². The SMILES string of the molecule is C#Cc1c(F)ccc2cc(O)cc(C3=C(F)c4nc(OCC5(CN(C)C)CC5)nc(N5CC6CCC(C5)N6)c4S(=O)(=O)N3C)c12. The van der Waals surface area contributed by atoms with Crippen molar-refractivity contribution in [3.05, 3.63) is 46.9 Å². The summed E-state index contributed by atoms with van der Waals surface area (Å²) >= 11 is 0. The van der Waals surface area contributed by atoms with E-state index in [4.69, 9.17) is 11.2 Å². The smallest absolute Gasteiger partial charge is 0.319 e. The molecule has 4 heterocycles. The lowest BCUT2D eigenvalue weighted by Crippen LogP contribution is -2.52. The number of ether oxygens (including phenoxy) is 1. The maximum atomic E-state index is 17.0. The van der Waals surface area contributed by atoms with E-state index in [0.29, 0.717) is 25.1 Å². The van der Waals surface area contributed by atoms with Gasteiger partial charge in [-0.25, -0.2) is 17.2 Å². The first-order valence-corrected chi connectivity index (χ1v) is 16.4. The lowest BCUT2D eigenvalue weighted by atomic mass is 9.95. The third kappa shape index (κ3) is 4.95. The molecule has 1 aromatic heterocycles. The molecule has 10 nitrogen and oxygen atoms in total. The van der Waals surface area contributed by atoms with Gasteiger partial charge in [0.25, 0.3) is 10.0 Å². The van der Waals surface area contributed by atoms with Gasteiger partial charge < -0.3 is 25.0 Å². The molecule has 4 aliphatic rings. The van der Waals surface area contributed by atoms with Crippen LogP contribution in [-0.4, -0.2) is 92.2 Å². The molecule has 2 N–H and O–H groups in total. The molecule has 2 atom stereocenters. The predicted octanol–water partition coefficient (Wildman–Crippen LogP) is 3.55. The Kier molecular flexibility index (Phi) is 6.96. The second kappa shape index (κ2) is 10.5. The van der Waals surface area contributed by atoms with Crippen LogP contribution in [0.2, 0.25) is 0 Å². The van der Waals surface area contributed by atoms with E-state index in [9.17, 15) is 17.9 Å². The number of rotatable bonds is 7. The van der Waals surface area contributed by atoms with Crippen LogP contribution < -0.4 is 15.0 Å². The van der Waals surface area contributed by atoms with E-state index in [0.717, 1.165) is 42.6 Å². The Morgan fingerprint density at radius 3 is 2.53 bits per heavy atom. The average Bonchev–Trinajstić information content (AvgIpc) is 3.67. The van der Waals surface area contributed by atoms with Gasteiger partial charge in [0.15, 0.2) is 16.5 Å². The lowest BCUT2D eigenvalue weighted by Gasteiger charge is -2.37. The van der Waals surface area contributed by atoms with Crippen LogP contribution in [0, 0.1) is 23.6 Å². The van der Waals surface area contributed by atoms with Crippen molar-refractivity contribution in [1.82, 2.24) is 24.5 Å². The van der Waals surface area contributed by atoms with Crippen LogP contribution in [0.1, 0.15) is 42.5 Å². The van der Waals surface area contributed by atoms with Crippen molar-refractivity contribution < 1.29 is 27.0 Å². The van der Waals surface area contributed by atoms with Crippen molar-refractivity contribution >= 4 is 38.1 Å². The largest absolute Gasteiger partial charge is 0.508 e. The predicted molar refractivity (Wildman–Crippen MR) is 166 cm³/mol. The van der Waals surface area contributed by atoms with E-state index in [-0.39, 0.29) is 56.5 Å². The summed E-state index contributed by atoms with van der Waals surface area (Å²) in [5.41, 5.74) is -1.22. The van der Waals surface area contributed by atoms with Gasteiger partial charge >= 0.3 is 6.01 Å². The number of aromatic nitrogens is 2. The Bertz CT molecular complexity index is 1910. The molecular weight excluding hydrogens is 602 g/mol. The molecule has 13 heteroatoms. The molecule has 2 aromatic carbocycles. The molecule has 0 spiro atoms. The Morgan fingerprint density at radius 2 is 1.89 bits per heavy atom. The summed E-state index contributed by atoms with van der Waals surface area (Å²) in [6, 6.07) is 5.24. The molecule has 1 aliphatic carbocycles. The number of nitrogens with zero attached hydrogens (tertiary/aromatic N) is 5. The normalized spacial score (nSPS) is 23.0. The summed E-state index contributed by atoms with van der Waals surface area (Å²) in [6.45, 7) is 2.07. The van der Waals surface area contributed by atoms with Gasteiger partial charge in [0, 0.05) is 55.1 Å². The summed E-state index contributed by atoms with van der Waals surface area (Å²) < 4.78 is 67.6. The highest BCUT2D eigenvalue weighted by Gasteiger charge is 2.46. The molecule has 0 radical (unpaired) electrons. The van der Waals surface area contributed by atoms with E-state index >= 15 is 4.39 Å². The van der Waals surface area contributed by atoms with Crippen LogP contribution in [0.3, 0.4) is 0 Å². The summed E-state index contributed by atoms with van der Waals surface area (Å²) in [4.78, 5) is 12.6. The number of nitrogens with one attached hydrogen (secondary N) is 1. The van der Waals surface area contributed by atoms with Crippen molar-refractivity contribution in [3.63, 3.8) is 0 Å². The van der Waals surface area contributed by atoms with Gasteiger partial charge in [-0.2, -0.15) is 9.97 Å². The minimum Gasteiger partial charge on any atom is -0.508 e. The highest BCUT2D eigenvalue weighted by Crippen LogP contribution is 2.49. The lowest BCUT2D eigenvalue weighted by molar-refractivity contribution is 0.182. The van der Waals surface area contributed by atoms with Gasteiger partial charge in [-0.05, 0) is 63.4 Å². The summed E-state index contributed by atoms with van der Waals surface area (Å²) in [7, 11) is 0.721. The number of hydrogen-bond donors (Lipinski definition) is 2. The van der Waals surface area contributed by atoms with Crippen molar-refractivity contribution in [2.24, 2.45) is 5.41 Å². The molecule has 45 heavy (non-hydrogen) atoms. The first-order chi connectivity index (χ1) is 21.4. The summed E-state index contributed by atoms with van der Waals surface area (Å²) in [6.07, 6.45) is 9.46. The van der Waals surface area contributed by atoms with Gasteiger partial charge in [-0.1, -0.05) is 12.0 Å². The molecule has 3 aromatic rings. The quantitative estimate of drug-likeness (QED) is 0.377. The Hall–Kier alpha value is -3.99. The molecule has 3 fully saturated rings. The fraction of sp³-hybridized carbons (Fsp3) is 0.438. The molecule has 0 amide bonds. The number of fused-ring (bicyclic) bond motifs is 4. The van der Waals surface area contributed by atoms with E-state index in [1.165, 1.54) is 25.2 Å². The van der Waals surface area contributed by atoms with Crippen molar-refractivity contribution in [3.8, 4) is 24.1 Å². The monoisotopic (exact) mass is 636 g/mol. The van der Waals surface area contributed by atoms with Crippen LogP contribution >= 0.6 is 0 Å². The number of halogens is 2. The Morgan fingerprint density at radius 1 is 1.18 bits per heavy atom. The zero-order valence-corrected chi connectivity index (χ0v) is 26.1. The Balaban J connectivity index is 1.44. The average molecular weight is 637 g/mol. The molecule has 2 saturated heterocycles. The maximum absolute atomic E-state index is 17.0. The summed E-state index contributed by atoms with van der Waals surface area (Å²) in [5.74, 6) is 0.392. The van der Waals surface area contributed by atoms with Gasteiger partial charge in [0.1, 0.15) is 17.3 Å². The molecular formula is C32H34F2N6O4S. The number of sulfonamides is 1. The first-order valence-electron chi connectivity index (χ1n) is 14.9. The second-order valence-electron chi connectivity index (χ2n) is 12.9. The number of terminal acetylenes is 1. The van der Waals surface area contributed by atoms with Crippen LogP contribution in [0.4, 0.5) is 14.6 Å². The standard InChI is InChI=1S/C32H34F2N6O4S/c1-5-22-24(33)9-6-18-12-21(41)13-23(25(18)22)28-26(34)27-29(45(42,43)39(28)4)30(40-14-19-7-8-20(15-40)35-19)37-31(36-27)44-17-32(10-11-32)16-38(2)3/h1,6,9,12-13,19-20,35,41H,7-8,10-11,14-17H2,2-4H3. The van der Waals surface area contributed by atoms with Crippen LogP contribution in [-0.2, 0) is 10.0 Å². The number of piperazine rings is 1. The van der Waals surface area contributed by atoms with E-state index < -0.39 is 33.1 Å². The zero-order valence-electron chi connectivity index (χ0n) is 25.3. The van der Waals surface area contributed by atoms with Crippen molar-refractivity contribution in [2.75, 3.05) is 52.3 Å². The number of aromatic hydroxyl groups is 1. The number of hydrogen-bond acceptors (Lipinski definition) is 9. The van der Waals surface area contributed by atoms with Crippen LogP contribution in [0.5, 0.6) is 11.8 Å². The van der Waals surface area contributed by atoms with E-state index in [2.05, 4.69) is 26.1 Å². The van der Waals surface area contributed by atoms with Gasteiger partial charge in [-0.3, -0.25) is 4.31 Å². The van der Waals surface area contributed by atoms with Gasteiger partial charge in [0.05, 0.1) is 17.9 Å². The fourth-order valence-electron chi connectivity index (χ4n) is 7.02. The van der Waals surface area contributed by atoms with Crippen molar-refractivity contribution in [2.45, 2.75) is 42.7 Å². The molecule has 2 bridgehead atoms. The molecule has 7 rings (SSSR count). The number of benzene rings is 2. The molecule has 1 saturated carbocycles. The zero-order chi connectivity index (χ0) is 31.8.